The van der Waals surface area contributed by atoms with Crippen LogP contribution in [0.4, 0.5) is 5.82 Å². The highest BCUT2D eigenvalue weighted by Crippen LogP contribution is 2.36. The summed E-state index contributed by atoms with van der Waals surface area (Å²) in [4.78, 5) is 33.4. The van der Waals surface area contributed by atoms with E-state index in [9.17, 15) is 14.9 Å². The molecule has 0 N–H and O–H groups in total. The number of hydrogen-bond donors (Lipinski definition) is 0. The average molecular weight is 516 g/mol. The second-order valence-corrected chi connectivity index (χ2v) is 11.0. The molecule has 1 aromatic heterocycles. The van der Waals surface area contributed by atoms with E-state index < -0.39 is 0 Å². The summed E-state index contributed by atoms with van der Waals surface area (Å²) in [6.45, 7) is 10.6. The molecule has 2 aliphatic heterocycles. The highest BCUT2D eigenvalue weighted by atomic mass is 32.2. The number of likely N-dealkylation sites (N-methyl/N-ethyl adjacent to an activating group) is 1. The first-order chi connectivity index (χ1) is 16.8. The number of anilines is 1. The fraction of sp³-hybridized carbons (Fsp3) is 0.615. The molecule has 190 valence electrons. The number of thiocarbonyl (C=S) groups is 1. The van der Waals surface area contributed by atoms with Gasteiger partial charge in [-0.05, 0) is 38.5 Å². The molecule has 0 unspecified atom stereocenters. The largest absolute Gasteiger partial charge is 0.355 e. The highest BCUT2D eigenvalue weighted by molar-refractivity contribution is 8.26. The van der Waals surface area contributed by atoms with E-state index in [0.29, 0.717) is 27.9 Å². The van der Waals surface area contributed by atoms with Gasteiger partial charge in [0, 0.05) is 44.8 Å². The van der Waals surface area contributed by atoms with Gasteiger partial charge in [-0.15, -0.1) is 0 Å². The number of amides is 1. The van der Waals surface area contributed by atoms with Gasteiger partial charge in [0.05, 0.1) is 4.91 Å². The number of hydrogen-bond acceptors (Lipinski definition) is 7. The third-order valence-corrected chi connectivity index (χ3v) is 8.15. The fourth-order valence-electron chi connectivity index (χ4n) is 4.55. The van der Waals surface area contributed by atoms with Gasteiger partial charge in [-0.3, -0.25) is 19.1 Å². The Hall–Kier alpha value is -2.15. The van der Waals surface area contributed by atoms with Gasteiger partial charge in [-0.2, -0.15) is 5.26 Å². The molecule has 0 atom stereocenters. The lowest BCUT2D eigenvalue weighted by atomic mass is 10.0. The van der Waals surface area contributed by atoms with Crippen LogP contribution >= 0.6 is 24.0 Å². The second kappa shape index (κ2) is 12.7. The summed E-state index contributed by atoms with van der Waals surface area (Å²) < 4.78 is 2.34. The van der Waals surface area contributed by atoms with Crippen molar-refractivity contribution in [2.24, 2.45) is 0 Å². The molecular formula is C26H37N5O2S2. The summed E-state index contributed by atoms with van der Waals surface area (Å²) in [5, 5.41) is 9.84. The zero-order valence-corrected chi connectivity index (χ0v) is 23.1. The van der Waals surface area contributed by atoms with Crippen molar-refractivity contribution in [1.29, 1.82) is 5.26 Å². The standard InChI is InChI=1S/C26H37N5O2S2/c1-5-7-9-10-12-31-25(33)22(35-26(31)34)17-20-19(3)21(18-27)24(32)30(11-8-6-2)23(20)29-15-13-28(4)14-16-29/h17H,5-16H2,1-4H3/b22-17+. The van der Waals surface area contributed by atoms with Crippen LogP contribution in [0.15, 0.2) is 9.70 Å². The van der Waals surface area contributed by atoms with Crippen molar-refractivity contribution in [2.45, 2.75) is 65.8 Å². The van der Waals surface area contributed by atoms with Crippen molar-refractivity contribution < 1.29 is 4.79 Å². The topological polar surface area (TPSA) is 72.6 Å². The highest BCUT2D eigenvalue weighted by Gasteiger charge is 2.33. The molecule has 0 spiro atoms. The predicted molar refractivity (Wildman–Crippen MR) is 149 cm³/mol. The van der Waals surface area contributed by atoms with Crippen LogP contribution < -0.4 is 10.5 Å². The molecule has 3 rings (SSSR count). The van der Waals surface area contributed by atoms with Crippen LogP contribution in [0.1, 0.15) is 69.1 Å². The predicted octanol–water partition coefficient (Wildman–Crippen LogP) is 4.36. The van der Waals surface area contributed by atoms with Crippen molar-refractivity contribution in [2.75, 3.05) is 44.7 Å². The van der Waals surface area contributed by atoms with Crippen LogP contribution in [0.3, 0.4) is 0 Å². The van der Waals surface area contributed by atoms with Crippen LogP contribution in [0.5, 0.6) is 0 Å². The molecule has 2 aliphatic rings. The van der Waals surface area contributed by atoms with E-state index in [1.807, 2.05) is 13.0 Å². The number of carbonyl (C=O) groups is 1. The van der Waals surface area contributed by atoms with E-state index in [1.54, 1.807) is 9.47 Å². The van der Waals surface area contributed by atoms with Gasteiger partial charge >= 0.3 is 0 Å². The molecule has 1 aromatic rings. The number of nitriles is 1. The lowest BCUT2D eigenvalue weighted by molar-refractivity contribution is -0.122. The van der Waals surface area contributed by atoms with Gasteiger partial charge in [0.25, 0.3) is 11.5 Å². The molecule has 2 saturated heterocycles. The van der Waals surface area contributed by atoms with Crippen LogP contribution in [0, 0.1) is 18.3 Å². The number of nitrogens with zero attached hydrogens (tertiary/aromatic N) is 5. The van der Waals surface area contributed by atoms with Crippen molar-refractivity contribution in [1.82, 2.24) is 14.4 Å². The Morgan fingerprint density at radius 3 is 2.34 bits per heavy atom. The third-order valence-electron chi connectivity index (χ3n) is 6.77. The summed E-state index contributed by atoms with van der Waals surface area (Å²) in [6, 6.07) is 2.13. The fourth-order valence-corrected chi connectivity index (χ4v) is 5.84. The minimum atomic E-state index is -0.243. The van der Waals surface area contributed by atoms with E-state index in [-0.39, 0.29) is 17.0 Å². The number of aromatic nitrogens is 1. The van der Waals surface area contributed by atoms with Gasteiger partial charge in [0.2, 0.25) is 0 Å². The number of carbonyl (C=O) groups excluding carboxylic acids is 1. The summed E-state index contributed by atoms with van der Waals surface area (Å²) >= 11 is 6.87. The Balaban J connectivity index is 2.08. The van der Waals surface area contributed by atoms with E-state index in [2.05, 4.69) is 36.8 Å². The van der Waals surface area contributed by atoms with Crippen LogP contribution in [-0.2, 0) is 11.3 Å². The Kier molecular flexibility index (Phi) is 9.96. The van der Waals surface area contributed by atoms with E-state index in [4.69, 9.17) is 12.2 Å². The minimum Gasteiger partial charge on any atom is -0.355 e. The first-order valence-corrected chi connectivity index (χ1v) is 13.9. The van der Waals surface area contributed by atoms with Gasteiger partial charge in [-0.1, -0.05) is 63.5 Å². The van der Waals surface area contributed by atoms with Crippen molar-refractivity contribution >= 4 is 46.1 Å². The molecule has 0 bridgehead atoms. The van der Waals surface area contributed by atoms with Gasteiger partial charge < -0.3 is 9.80 Å². The molecule has 9 heteroatoms. The Bertz CT molecular complexity index is 1080. The monoisotopic (exact) mass is 515 g/mol. The van der Waals surface area contributed by atoms with E-state index >= 15 is 0 Å². The molecule has 2 fully saturated rings. The summed E-state index contributed by atoms with van der Waals surface area (Å²) in [6.07, 6.45) is 7.95. The molecule has 0 aliphatic carbocycles. The van der Waals surface area contributed by atoms with Crippen LogP contribution in [-0.4, -0.2) is 64.4 Å². The maximum absolute atomic E-state index is 13.4. The Morgan fingerprint density at radius 1 is 1.03 bits per heavy atom. The summed E-state index contributed by atoms with van der Waals surface area (Å²) in [5.74, 6) is 0.742. The first-order valence-electron chi connectivity index (χ1n) is 12.7. The average Bonchev–Trinajstić information content (AvgIpc) is 3.11. The molecular weight excluding hydrogens is 478 g/mol. The van der Waals surface area contributed by atoms with Gasteiger partial charge in [0.15, 0.2) is 0 Å². The molecule has 0 saturated carbocycles. The third kappa shape index (κ3) is 6.16. The Labute approximate surface area is 218 Å². The zero-order chi connectivity index (χ0) is 25.5. The summed E-state index contributed by atoms with van der Waals surface area (Å²) in [5.41, 5.74) is 1.33. The number of thioether (sulfide) groups is 1. The van der Waals surface area contributed by atoms with Crippen molar-refractivity contribution in [3.05, 3.63) is 31.9 Å². The SMILES string of the molecule is CCCCCCN1C(=O)/C(=C\c2c(C)c(C#N)c(=O)n(CCCC)c2N2CCN(C)CC2)SC1=S. The minimum absolute atomic E-state index is 0.0787. The lowest BCUT2D eigenvalue weighted by Crippen LogP contribution is -2.47. The molecule has 7 nitrogen and oxygen atoms in total. The van der Waals surface area contributed by atoms with E-state index in [0.717, 1.165) is 76.1 Å². The number of piperazine rings is 1. The lowest BCUT2D eigenvalue weighted by Gasteiger charge is -2.36. The van der Waals surface area contributed by atoms with Crippen LogP contribution in [0.25, 0.3) is 6.08 Å². The molecule has 0 radical (unpaired) electrons. The summed E-state index contributed by atoms with van der Waals surface area (Å²) in [7, 11) is 2.10. The van der Waals surface area contributed by atoms with Gasteiger partial charge in [-0.25, -0.2) is 0 Å². The molecule has 3 heterocycles. The number of unbranched alkanes of at least 4 members (excludes halogenated alkanes) is 4. The first kappa shape index (κ1) is 27.4. The maximum atomic E-state index is 13.4. The Morgan fingerprint density at radius 2 is 1.71 bits per heavy atom. The zero-order valence-electron chi connectivity index (χ0n) is 21.4. The molecule has 1 amide bonds. The quantitative estimate of drug-likeness (QED) is 0.260. The van der Waals surface area contributed by atoms with Crippen molar-refractivity contribution in [3.8, 4) is 6.07 Å². The van der Waals surface area contributed by atoms with Crippen LogP contribution in [0.2, 0.25) is 0 Å². The van der Waals surface area contributed by atoms with E-state index in [1.165, 1.54) is 11.8 Å². The van der Waals surface area contributed by atoms with Gasteiger partial charge in [0.1, 0.15) is 21.8 Å². The smallest absolute Gasteiger partial charge is 0.270 e. The van der Waals surface area contributed by atoms with Crippen molar-refractivity contribution in [3.63, 3.8) is 0 Å². The number of pyridine rings is 1. The molecule has 35 heavy (non-hydrogen) atoms. The number of rotatable bonds is 10. The molecule has 0 aromatic carbocycles. The second-order valence-electron chi connectivity index (χ2n) is 9.34. The maximum Gasteiger partial charge on any atom is 0.270 e. The normalized spacial score (nSPS) is 18.1.